The lowest BCUT2D eigenvalue weighted by molar-refractivity contribution is -0.136. The van der Waals surface area contributed by atoms with Gasteiger partial charge in [-0.2, -0.15) is 0 Å². The number of aliphatic hydroxyl groups is 1. The molecular weight excluding hydrogens is 424 g/mol. The van der Waals surface area contributed by atoms with E-state index < -0.39 is 0 Å². The highest BCUT2D eigenvalue weighted by Gasteiger charge is 2.28. The van der Waals surface area contributed by atoms with Crippen molar-refractivity contribution in [2.75, 3.05) is 32.1 Å². The molecule has 3 amide bonds. The van der Waals surface area contributed by atoms with Crippen LogP contribution in [-0.2, 0) is 22.7 Å². The van der Waals surface area contributed by atoms with E-state index in [9.17, 15) is 14.7 Å². The third-order valence-corrected chi connectivity index (χ3v) is 5.87. The van der Waals surface area contributed by atoms with Crippen LogP contribution in [0.2, 0.25) is 0 Å². The van der Waals surface area contributed by atoms with Gasteiger partial charge in [0.15, 0.2) is 0 Å². The number of hydrogen-bond donors (Lipinski definition) is 2. The predicted octanol–water partition coefficient (Wildman–Crippen LogP) is 1.97. The van der Waals surface area contributed by atoms with E-state index in [1.165, 1.54) is 0 Å². The van der Waals surface area contributed by atoms with E-state index in [1.54, 1.807) is 21.5 Å². The molecule has 0 saturated heterocycles. The molecule has 1 aliphatic rings. The molecule has 2 heterocycles. The second-order valence-corrected chi connectivity index (χ2v) is 8.66. The summed E-state index contributed by atoms with van der Waals surface area (Å²) in [6.07, 6.45) is 2.46. The van der Waals surface area contributed by atoms with Crippen molar-refractivity contribution in [1.82, 2.24) is 24.8 Å². The maximum Gasteiger partial charge on any atom is 0.321 e. The van der Waals surface area contributed by atoms with Crippen LogP contribution in [-0.4, -0.2) is 80.7 Å². The van der Waals surface area contributed by atoms with Crippen LogP contribution < -0.4 is 5.32 Å². The fourth-order valence-corrected chi connectivity index (χ4v) is 3.79. The highest BCUT2D eigenvalue weighted by Crippen LogP contribution is 2.18. The minimum Gasteiger partial charge on any atom is -0.394 e. The van der Waals surface area contributed by atoms with Crippen molar-refractivity contribution in [3.8, 4) is 0 Å². The highest BCUT2D eigenvalue weighted by atomic mass is 16.5. The number of rotatable bonds is 5. The molecule has 180 valence electrons. The number of aliphatic hydroxyl groups excluding tert-OH is 1. The zero-order valence-electron chi connectivity index (χ0n) is 19.6. The SMILES string of the molecule is C[C@H](CO)N1C[C@H](C)[C@H](CN(C)C(=O)Nc2ccccc2)OCc2cn(nn2)CCCC1=O. The Kier molecular flexibility index (Phi) is 8.79. The van der Waals surface area contributed by atoms with Gasteiger partial charge >= 0.3 is 6.03 Å². The summed E-state index contributed by atoms with van der Waals surface area (Å²) in [5, 5.41) is 20.8. The van der Waals surface area contributed by atoms with Crippen LogP contribution in [0, 0.1) is 5.92 Å². The third-order valence-electron chi connectivity index (χ3n) is 5.87. The first-order chi connectivity index (χ1) is 15.9. The molecule has 10 nitrogen and oxygen atoms in total. The van der Waals surface area contributed by atoms with Crippen molar-refractivity contribution in [1.29, 1.82) is 0 Å². The Morgan fingerprint density at radius 2 is 2.12 bits per heavy atom. The number of para-hydroxylation sites is 1. The van der Waals surface area contributed by atoms with Gasteiger partial charge in [0, 0.05) is 44.7 Å². The minimum absolute atomic E-state index is 0.0167. The fourth-order valence-electron chi connectivity index (χ4n) is 3.79. The second-order valence-electron chi connectivity index (χ2n) is 8.66. The van der Waals surface area contributed by atoms with Gasteiger partial charge in [-0.3, -0.25) is 9.48 Å². The Morgan fingerprint density at radius 1 is 1.36 bits per heavy atom. The number of carbonyl (C=O) groups is 2. The summed E-state index contributed by atoms with van der Waals surface area (Å²) in [7, 11) is 1.71. The quantitative estimate of drug-likeness (QED) is 0.708. The number of likely N-dealkylation sites (N-methyl/N-ethyl adjacent to an activating group) is 1. The number of nitrogens with one attached hydrogen (secondary N) is 1. The van der Waals surface area contributed by atoms with Crippen molar-refractivity contribution >= 4 is 17.6 Å². The topological polar surface area (TPSA) is 113 Å². The van der Waals surface area contributed by atoms with Crippen LogP contribution in [0.15, 0.2) is 36.5 Å². The van der Waals surface area contributed by atoms with Gasteiger partial charge in [-0.15, -0.1) is 5.10 Å². The molecule has 0 spiro atoms. The van der Waals surface area contributed by atoms with Crippen molar-refractivity contribution in [2.45, 2.75) is 52.0 Å². The van der Waals surface area contributed by atoms with Crippen LogP contribution >= 0.6 is 0 Å². The Hall–Kier alpha value is -2.98. The lowest BCUT2D eigenvalue weighted by Crippen LogP contribution is -2.48. The number of benzene rings is 1. The fraction of sp³-hybridized carbons (Fsp3) is 0.565. The van der Waals surface area contributed by atoms with E-state index >= 15 is 0 Å². The molecule has 1 aromatic heterocycles. The number of anilines is 1. The number of aromatic nitrogens is 3. The lowest BCUT2D eigenvalue weighted by atomic mass is 10.0. The molecule has 2 aromatic rings. The summed E-state index contributed by atoms with van der Waals surface area (Å²) in [5.41, 5.74) is 1.41. The maximum absolute atomic E-state index is 12.9. The number of fused-ring (bicyclic) bond motifs is 2. The predicted molar refractivity (Wildman–Crippen MR) is 123 cm³/mol. The van der Waals surface area contributed by atoms with E-state index in [4.69, 9.17) is 4.74 Å². The molecular formula is C23H34N6O4. The number of carbonyl (C=O) groups excluding carboxylic acids is 2. The first-order valence-corrected chi connectivity index (χ1v) is 11.4. The Morgan fingerprint density at radius 3 is 2.85 bits per heavy atom. The van der Waals surface area contributed by atoms with Crippen LogP contribution in [0.25, 0.3) is 0 Å². The van der Waals surface area contributed by atoms with Gasteiger partial charge < -0.3 is 25.0 Å². The molecule has 0 radical (unpaired) electrons. The van der Waals surface area contributed by atoms with Crippen LogP contribution in [0.1, 0.15) is 32.4 Å². The average molecular weight is 459 g/mol. The van der Waals surface area contributed by atoms with Gasteiger partial charge in [-0.1, -0.05) is 30.3 Å². The second kappa shape index (κ2) is 11.8. The molecule has 10 heteroatoms. The summed E-state index contributed by atoms with van der Waals surface area (Å²) in [6.45, 7) is 5.30. The summed E-state index contributed by atoms with van der Waals surface area (Å²) in [6, 6.07) is 8.71. The number of nitrogens with zero attached hydrogens (tertiary/aromatic N) is 5. The summed E-state index contributed by atoms with van der Waals surface area (Å²) in [4.78, 5) is 28.9. The van der Waals surface area contributed by atoms with Crippen LogP contribution in [0.5, 0.6) is 0 Å². The van der Waals surface area contributed by atoms with Gasteiger partial charge in [0.25, 0.3) is 0 Å². The monoisotopic (exact) mass is 458 g/mol. The highest BCUT2D eigenvalue weighted by molar-refractivity contribution is 5.89. The number of hydrogen-bond acceptors (Lipinski definition) is 6. The molecule has 3 atom stereocenters. The molecule has 3 rings (SSSR count). The van der Waals surface area contributed by atoms with Gasteiger partial charge in [0.05, 0.1) is 31.6 Å². The zero-order chi connectivity index (χ0) is 23.8. The third kappa shape index (κ3) is 7.00. The Bertz CT molecular complexity index is 905. The summed E-state index contributed by atoms with van der Waals surface area (Å²) < 4.78 is 7.91. The zero-order valence-corrected chi connectivity index (χ0v) is 19.6. The molecule has 0 fully saturated rings. The van der Waals surface area contributed by atoms with Crippen molar-refractivity contribution in [2.24, 2.45) is 5.92 Å². The minimum atomic E-state index is -0.358. The van der Waals surface area contributed by atoms with Crippen LogP contribution in [0.3, 0.4) is 0 Å². The molecule has 1 aliphatic heterocycles. The van der Waals surface area contributed by atoms with Gasteiger partial charge in [-0.25, -0.2) is 4.79 Å². The van der Waals surface area contributed by atoms with E-state index in [0.717, 1.165) is 0 Å². The number of urea groups is 1. The summed E-state index contributed by atoms with van der Waals surface area (Å²) in [5.74, 6) is -0.109. The Labute approximate surface area is 194 Å². The summed E-state index contributed by atoms with van der Waals surface area (Å²) >= 11 is 0. The van der Waals surface area contributed by atoms with Crippen LogP contribution in [0.4, 0.5) is 10.5 Å². The standard InChI is InChI=1S/C23H34N6O4/c1-17-12-29(18(2)15-30)22(31)10-7-11-28-13-20(25-26-28)16-33-21(17)14-27(3)23(32)24-19-8-5-4-6-9-19/h4-6,8-9,13,17-18,21,30H,7,10-12,14-16H2,1-3H3,(H,24,32)/t17-,18+,21-/m0/s1. The first-order valence-electron chi connectivity index (χ1n) is 11.4. The Balaban J connectivity index is 1.75. The molecule has 2 bridgehead atoms. The smallest absolute Gasteiger partial charge is 0.321 e. The van der Waals surface area contributed by atoms with Gasteiger partial charge in [0.1, 0.15) is 5.69 Å². The van der Waals surface area contributed by atoms with E-state index in [-0.39, 0.29) is 43.2 Å². The molecule has 33 heavy (non-hydrogen) atoms. The first kappa shape index (κ1) is 24.7. The number of ether oxygens (including phenoxy) is 1. The largest absolute Gasteiger partial charge is 0.394 e. The normalized spacial score (nSPS) is 20.8. The molecule has 0 saturated carbocycles. The average Bonchev–Trinajstić information content (AvgIpc) is 3.27. The van der Waals surface area contributed by atoms with E-state index in [2.05, 4.69) is 15.6 Å². The van der Waals surface area contributed by atoms with Crippen molar-refractivity contribution < 1.29 is 19.4 Å². The van der Waals surface area contributed by atoms with Crippen molar-refractivity contribution in [3.63, 3.8) is 0 Å². The molecule has 2 N–H and O–H groups in total. The number of amides is 3. The van der Waals surface area contributed by atoms with Crippen molar-refractivity contribution in [3.05, 3.63) is 42.2 Å². The molecule has 0 aliphatic carbocycles. The maximum atomic E-state index is 12.9. The lowest BCUT2D eigenvalue weighted by Gasteiger charge is -2.35. The molecule has 1 aromatic carbocycles. The molecule has 0 unspecified atom stereocenters. The van der Waals surface area contributed by atoms with E-state index in [1.807, 2.05) is 50.4 Å². The van der Waals surface area contributed by atoms with Gasteiger partial charge in [0.2, 0.25) is 5.91 Å². The van der Waals surface area contributed by atoms with E-state index in [0.29, 0.717) is 43.9 Å². The number of aryl methyl sites for hydroxylation is 1. The van der Waals surface area contributed by atoms with Gasteiger partial charge in [-0.05, 0) is 25.5 Å².